The first-order chi connectivity index (χ1) is 15.3. The van der Waals surface area contributed by atoms with Crippen LogP contribution in [0.3, 0.4) is 0 Å². The van der Waals surface area contributed by atoms with Crippen LogP contribution in [-0.2, 0) is 12.6 Å². The first-order valence-electron chi connectivity index (χ1n) is 10.9. The highest BCUT2D eigenvalue weighted by molar-refractivity contribution is 5.94. The molecule has 0 unspecified atom stereocenters. The van der Waals surface area contributed by atoms with Crippen LogP contribution < -0.4 is 10.2 Å². The second-order valence-electron chi connectivity index (χ2n) is 8.38. The number of imidazole rings is 1. The van der Waals surface area contributed by atoms with E-state index in [-0.39, 0.29) is 23.6 Å². The summed E-state index contributed by atoms with van der Waals surface area (Å²) in [6.07, 6.45) is 0.782. The third-order valence-electron chi connectivity index (χ3n) is 6.30. The molecule has 1 fully saturated rings. The van der Waals surface area contributed by atoms with Crippen LogP contribution >= 0.6 is 0 Å². The topological polar surface area (TPSA) is 49.6 Å². The number of carbonyl (C=O) groups excluding carboxylic acids is 1. The number of halogens is 3. The smallest absolute Gasteiger partial charge is 0.358 e. The molecule has 5 nitrogen and oxygen atoms in total. The van der Waals surface area contributed by atoms with Crippen LogP contribution in [-0.4, -0.2) is 34.4 Å². The number of anilines is 1. The van der Waals surface area contributed by atoms with Gasteiger partial charge < -0.3 is 10.2 Å². The van der Waals surface area contributed by atoms with Gasteiger partial charge in [0.1, 0.15) is 11.5 Å². The Balaban J connectivity index is 1.41. The lowest BCUT2D eigenvalue weighted by Gasteiger charge is -2.36. The van der Waals surface area contributed by atoms with Gasteiger partial charge >= 0.3 is 6.18 Å². The summed E-state index contributed by atoms with van der Waals surface area (Å²) in [6.45, 7) is 2.06. The number of nitrogens with one attached hydrogen (secondary N) is 1. The molecular formula is C24H27F3N4O. The van der Waals surface area contributed by atoms with Gasteiger partial charge in [0, 0.05) is 30.9 Å². The van der Waals surface area contributed by atoms with E-state index in [1.54, 1.807) is 12.1 Å². The van der Waals surface area contributed by atoms with Gasteiger partial charge in [-0.25, -0.2) is 4.98 Å². The minimum absolute atomic E-state index is 0.0556. The number of aryl methyl sites for hydroxylation is 1. The van der Waals surface area contributed by atoms with Crippen molar-refractivity contribution in [2.24, 2.45) is 0 Å². The van der Waals surface area contributed by atoms with E-state index in [4.69, 9.17) is 0 Å². The fourth-order valence-corrected chi connectivity index (χ4v) is 4.42. The van der Waals surface area contributed by atoms with E-state index in [9.17, 15) is 18.0 Å². The number of pyridine rings is 1. The molecule has 1 N–H and O–H groups in total. The van der Waals surface area contributed by atoms with E-state index in [0.29, 0.717) is 11.4 Å². The fourth-order valence-electron chi connectivity index (χ4n) is 4.42. The van der Waals surface area contributed by atoms with Gasteiger partial charge in [-0.2, -0.15) is 13.2 Å². The fraction of sp³-hybridized carbons (Fsp3) is 0.417. The van der Waals surface area contributed by atoms with E-state index in [0.717, 1.165) is 43.9 Å². The second-order valence-corrected chi connectivity index (χ2v) is 8.38. The monoisotopic (exact) mass is 444 g/mol. The standard InChI is InChI=1S/C24H27F3N4O/c1-3-16-6-4-7-17(14-16)23(32)28-18-10-12-19(13-11-18)30(2)22-9-5-8-21-29-20(15-31(21)22)24(25,26)27/h4-9,14-15,18-19H,3,10-13H2,1-2H3,(H,28,32)/t18-,19+. The van der Waals surface area contributed by atoms with Crippen LogP contribution in [0.5, 0.6) is 0 Å². The lowest BCUT2D eigenvalue weighted by Crippen LogP contribution is -2.43. The number of benzene rings is 1. The summed E-state index contributed by atoms with van der Waals surface area (Å²) in [5.41, 5.74) is 1.19. The average molecular weight is 445 g/mol. The maximum Gasteiger partial charge on any atom is 0.434 e. The second kappa shape index (κ2) is 8.84. The van der Waals surface area contributed by atoms with Gasteiger partial charge in [0.05, 0.1) is 0 Å². The number of fused-ring (bicyclic) bond motifs is 1. The summed E-state index contributed by atoms with van der Waals surface area (Å²) in [7, 11) is 1.90. The average Bonchev–Trinajstić information content (AvgIpc) is 3.24. The number of hydrogen-bond donors (Lipinski definition) is 1. The normalized spacial score (nSPS) is 19.2. The minimum Gasteiger partial charge on any atom is -0.358 e. The molecule has 32 heavy (non-hydrogen) atoms. The summed E-state index contributed by atoms with van der Waals surface area (Å²) < 4.78 is 40.8. The van der Waals surface area contributed by atoms with Crippen molar-refractivity contribution >= 4 is 17.4 Å². The van der Waals surface area contributed by atoms with Crippen molar-refractivity contribution in [3.8, 4) is 0 Å². The molecule has 0 atom stereocenters. The molecule has 1 aliphatic rings. The Kier molecular flexibility index (Phi) is 6.13. The van der Waals surface area contributed by atoms with E-state index >= 15 is 0 Å². The number of hydrogen-bond acceptors (Lipinski definition) is 3. The lowest BCUT2D eigenvalue weighted by molar-refractivity contribution is -0.140. The Bertz CT molecular complexity index is 1100. The van der Waals surface area contributed by atoms with Crippen molar-refractivity contribution in [2.45, 2.75) is 57.3 Å². The zero-order chi connectivity index (χ0) is 22.9. The van der Waals surface area contributed by atoms with E-state index in [1.165, 1.54) is 4.40 Å². The maximum atomic E-state index is 13.1. The molecule has 0 bridgehead atoms. The van der Waals surface area contributed by atoms with Crippen molar-refractivity contribution in [2.75, 3.05) is 11.9 Å². The van der Waals surface area contributed by atoms with Crippen molar-refractivity contribution in [1.82, 2.24) is 14.7 Å². The van der Waals surface area contributed by atoms with Gasteiger partial charge in [0.2, 0.25) is 0 Å². The Morgan fingerprint density at radius 3 is 2.56 bits per heavy atom. The van der Waals surface area contributed by atoms with Gasteiger partial charge in [-0.05, 0) is 61.9 Å². The molecule has 1 amide bonds. The molecule has 0 saturated heterocycles. The molecule has 3 aromatic rings. The SMILES string of the molecule is CCc1cccc(C(=O)N[C@H]2CC[C@@H](N(C)c3cccc4nc(C(F)(F)F)cn34)CC2)c1. The molecule has 2 aromatic heterocycles. The number of nitrogens with zero attached hydrogens (tertiary/aromatic N) is 3. The van der Waals surface area contributed by atoms with Crippen molar-refractivity contribution < 1.29 is 18.0 Å². The number of carbonyl (C=O) groups is 1. The Labute approximate surface area is 185 Å². The molecule has 170 valence electrons. The number of rotatable bonds is 5. The van der Waals surface area contributed by atoms with Crippen molar-refractivity contribution in [3.63, 3.8) is 0 Å². The molecule has 8 heteroatoms. The van der Waals surface area contributed by atoms with Gasteiger partial charge in [-0.15, -0.1) is 0 Å². The Morgan fingerprint density at radius 2 is 1.88 bits per heavy atom. The van der Waals surface area contributed by atoms with Crippen LogP contribution in [0.25, 0.3) is 5.65 Å². The molecule has 2 heterocycles. The Hall–Kier alpha value is -3.03. The molecule has 1 aromatic carbocycles. The van der Waals surface area contributed by atoms with Crippen molar-refractivity contribution in [3.05, 3.63) is 65.5 Å². The van der Waals surface area contributed by atoms with E-state index < -0.39 is 11.9 Å². The molecule has 0 aliphatic heterocycles. The molecule has 0 radical (unpaired) electrons. The van der Waals surface area contributed by atoms with Gasteiger partial charge in [0.25, 0.3) is 5.91 Å². The summed E-state index contributed by atoms with van der Waals surface area (Å²) in [4.78, 5) is 18.4. The van der Waals surface area contributed by atoms with Crippen LogP contribution in [0.4, 0.5) is 19.0 Å². The molecule has 0 spiro atoms. The van der Waals surface area contributed by atoms with Crippen LogP contribution in [0.2, 0.25) is 0 Å². The van der Waals surface area contributed by atoms with E-state index in [1.807, 2.05) is 42.3 Å². The zero-order valence-electron chi connectivity index (χ0n) is 18.2. The molecule has 4 rings (SSSR count). The summed E-state index contributed by atoms with van der Waals surface area (Å²) >= 11 is 0. The predicted molar refractivity (Wildman–Crippen MR) is 118 cm³/mol. The molecule has 1 aliphatic carbocycles. The van der Waals surface area contributed by atoms with E-state index in [2.05, 4.69) is 17.2 Å². The zero-order valence-corrected chi connectivity index (χ0v) is 18.2. The van der Waals surface area contributed by atoms with Gasteiger partial charge in [-0.3, -0.25) is 9.20 Å². The van der Waals surface area contributed by atoms with Gasteiger partial charge in [0.15, 0.2) is 5.69 Å². The third kappa shape index (κ3) is 4.59. The highest BCUT2D eigenvalue weighted by atomic mass is 19.4. The predicted octanol–water partition coefficient (Wildman–Crippen LogP) is 5.09. The summed E-state index contributed by atoms with van der Waals surface area (Å²) in [6, 6.07) is 13.1. The first-order valence-corrected chi connectivity index (χ1v) is 10.9. The summed E-state index contributed by atoms with van der Waals surface area (Å²) in [5.74, 6) is 0.620. The highest BCUT2D eigenvalue weighted by Gasteiger charge is 2.34. The number of aromatic nitrogens is 2. The van der Waals surface area contributed by atoms with Crippen LogP contribution in [0.15, 0.2) is 48.7 Å². The van der Waals surface area contributed by atoms with Crippen LogP contribution in [0.1, 0.15) is 54.2 Å². The largest absolute Gasteiger partial charge is 0.434 e. The highest BCUT2D eigenvalue weighted by Crippen LogP contribution is 2.31. The third-order valence-corrected chi connectivity index (χ3v) is 6.30. The van der Waals surface area contributed by atoms with Crippen molar-refractivity contribution in [1.29, 1.82) is 0 Å². The maximum absolute atomic E-state index is 13.1. The number of amides is 1. The first kappa shape index (κ1) is 22.2. The molecular weight excluding hydrogens is 417 g/mol. The van der Waals surface area contributed by atoms with Crippen LogP contribution in [0, 0.1) is 0 Å². The van der Waals surface area contributed by atoms with Gasteiger partial charge in [-0.1, -0.05) is 25.1 Å². The summed E-state index contributed by atoms with van der Waals surface area (Å²) in [5, 5.41) is 3.14. The quantitative estimate of drug-likeness (QED) is 0.596. The Morgan fingerprint density at radius 1 is 1.16 bits per heavy atom. The molecule has 1 saturated carbocycles. The number of alkyl halides is 3. The minimum atomic E-state index is -4.48. The lowest BCUT2D eigenvalue weighted by atomic mass is 9.90.